The Labute approximate surface area is 104 Å². The van der Waals surface area contributed by atoms with E-state index in [0.717, 1.165) is 12.1 Å². The molecule has 0 radical (unpaired) electrons. The SMILES string of the molecule is Cn1nccc1CCNc1ccncc1C(=O)O. The molecule has 6 heteroatoms. The summed E-state index contributed by atoms with van der Waals surface area (Å²) < 4.78 is 1.80. The molecule has 0 aliphatic rings. The summed E-state index contributed by atoms with van der Waals surface area (Å²) in [7, 11) is 1.88. The molecule has 0 saturated carbocycles. The molecule has 2 heterocycles. The lowest BCUT2D eigenvalue weighted by atomic mass is 10.2. The third-order valence-electron chi connectivity index (χ3n) is 2.67. The van der Waals surface area contributed by atoms with Gasteiger partial charge in [-0.1, -0.05) is 0 Å². The van der Waals surface area contributed by atoms with Gasteiger partial charge in [-0.05, 0) is 12.1 Å². The molecular weight excluding hydrogens is 232 g/mol. The van der Waals surface area contributed by atoms with Crippen LogP contribution in [0.1, 0.15) is 16.1 Å². The predicted molar refractivity (Wildman–Crippen MR) is 66.6 cm³/mol. The van der Waals surface area contributed by atoms with Crippen LogP contribution in [0.25, 0.3) is 0 Å². The zero-order valence-electron chi connectivity index (χ0n) is 10.00. The van der Waals surface area contributed by atoms with Crippen LogP contribution < -0.4 is 5.32 Å². The summed E-state index contributed by atoms with van der Waals surface area (Å²) >= 11 is 0. The molecule has 0 unspecified atom stereocenters. The highest BCUT2D eigenvalue weighted by molar-refractivity contribution is 5.93. The first kappa shape index (κ1) is 12.1. The molecule has 2 rings (SSSR count). The van der Waals surface area contributed by atoms with E-state index in [1.165, 1.54) is 6.20 Å². The maximum atomic E-state index is 11.0. The van der Waals surface area contributed by atoms with Crippen molar-refractivity contribution < 1.29 is 9.90 Å². The number of carboxylic acids is 1. The minimum absolute atomic E-state index is 0.183. The van der Waals surface area contributed by atoms with Gasteiger partial charge in [-0.2, -0.15) is 5.10 Å². The molecule has 0 aliphatic carbocycles. The van der Waals surface area contributed by atoms with E-state index in [4.69, 9.17) is 5.11 Å². The summed E-state index contributed by atoms with van der Waals surface area (Å²) in [6, 6.07) is 3.60. The number of anilines is 1. The fraction of sp³-hybridized carbons (Fsp3) is 0.250. The molecule has 2 aromatic rings. The second-order valence-corrected chi connectivity index (χ2v) is 3.85. The highest BCUT2D eigenvalue weighted by Crippen LogP contribution is 2.13. The van der Waals surface area contributed by atoms with Gasteiger partial charge in [0.15, 0.2) is 0 Å². The Morgan fingerprint density at radius 3 is 2.94 bits per heavy atom. The molecule has 0 aliphatic heterocycles. The van der Waals surface area contributed by atoms with Crippen molar-refractivity contribution in [1.29, 1.82) is 0 Å². The second kappa shape index (κ2) is 5.31. The molecular formula is C12H14N4O2. The van der Waals surface area contributed by atoms with Gasteiger partial charge in [0, 0.05) is 44.3 Å². The summed E-state index contributed by atoms with van der Waals surface area (Å²) in [5.74, 6) is -0.980. The van der Waals surface area contributed by atoms with Crippen molar-refractivity contribution >= 4 is 11.7 Å². The van der Waals surface area contributed by atoms with Crippen molar-refractivity contribution in [3.05, 3.63) is 42.0 Å². The van der Waals surface area contributed by atoms with Crippen molar-refractivity contribution in [2.75, 3.05) is 11.9 Å². The molecule has 0 aromatic carbocycles. The van der Waals surface area contributed by atoms with Crippen LogP contribution in [-0.2, 0) is 13.5 Å². The fourth-order valence-electron chi connectivity index (χ4n) is 1.69. The standard InChI is InChI=1S/C12H14N4O2/c1-16-9(3-7-15-16)2-6-14-11-4-5-13-8-10(11)12(17)18/h3-5,7-8H,2,6H2,1H3,(H,13,14)(H,17,18). The Morgan fingerprint density at radius 1 is 1.44 bits per heavy atom. The number of hydrogen-bond acceptors (Lipinski definition) is 4. The van der Waals surface area contributed by atoms with Crippen LogP contribution in [0.2, 0.25) is 0 Å². The molecule has 0 bridgehead atoms. The van der Waals surface area contributed by atoms with Crippen molar-refractivity contribution in [1.82, 2.24) is 14.8 Å². The maximum absolute atomic E-state index is 11.0. The van der Waals surface area contributed by atoms with Crippen molar-refractivity contribution in [3.8, 4) is 0 Å². The molecule has 0 atom stereocenters. The summed E-state index contributed by atoms with van der Waals surface area (Å²) in [6.45, 7) is 0.643. The van der Waals surface area contributed by atoms with E-state index in [0.29, 0.717) is 12.2 Å². The van der Waals surface area contributed by atoms with Crippen LogP contribution in [0.4, 0.5) is 5.69 Å². The van der Waals surface area contributed by atoms with E-state index >= 15 is 0 Å². The quantitative estimate of drug-likeness (QED) is 0.827. The fourth-order valence-corrected chi connectivity index (χ4v) is 1.69. The van der Waals surface area contributed by atoms with E-state index < -0.39 is 5.97 Å². The first-order chi connectivity index (χ1) is 8.68. The van der Waals surface area contributed by atoms with Gasteiger partial charge >= 0.3 is 5.97 Å². The molecule has 6 nitrogen and oxygen atoms in total. The van der Waals surface area contributed by atoms with Crippen molar-refractivity contribution in [2.45, 2.75) is 6.42 Å². The third-order valence-corrected chi connectivity index (χ3v) is 2.67. The zero-order chi connectivity index (χ0) is 13.0. The van der Waals surface area contributed by atoms with E-state index in [9.17, 15) is 4.79 Å². The van der Waals surface area contributed by atoms with Gasteiger partial charge in [0.05, 0.1) is 5.69 Å². The van der Waals surface area contributed by atoms with E-state index in [-0.39, 0.29) is 5.56 Å². The first-order valence-corrected chi connectivity index (χ1v) is 5.56. The smallest absolute Gasteiger partial charge is 0.339 e. The number of aromatic carboxylic acids is 1. The number of hydrogen-bond donors (Lipinski definition) is 2. The van der Waals surface area contributed by atoms with Crippen molar-refractivity contribution in [3.63, 3.8) is 0 Å². The van der Waals surface area contributed by atoms with Gasteiger partial charge in [0.25, 0.3) is 0 Å². The Kier molecular flexibility index (Phi) is 3.57. The highest BCUT2D eigenvalue weighted by Gasteiger charge is 2.09. The summed E-state index contributed by atoms with van der Waals surface area (Å²) in [4.78, 5) is 14.8. The number of carbonyl (C=O) groups is 1. The number of aromatic nitrogens is 3. The third kappa shape index (κ3) is 2.65. The van der Waals surface area contributed by atoms with Crippen LogP contribution in [0, 0.1) is 0 Å². The highest BCUT2D eigenvalue weighted by atomic mass is 16.4. The molecule has 2 N–H and O–H groups in total. The largest absolute Gasteiger partial charge is 0.478 e. The first-order valence-electron chi connectivity index (χ1n) is 5.56. The number of nitrogens with one attached hydrogen (secondary N) is 1. The van der Waals surface area contributed by atoms with Crippen molar-refractivity contribution in [2.24, 2.45) is 7.05 Å². The minimum Gasteiger partial charge on any atom is -0.478 e. The Morgan fingerprint density at radius 2 is 2.28 bits per heavy atom. The van der Waals surface area contributed by atoms with Gasteiger partial charge in [-0.15, -0.1) is 0 Å². The van der Waals surface area contributed by atoms with Crippen LogP contribution in [0.15, 0.2) is 30.7 Å². The molecule has 0 saturated heterocycles. The average molecular weight is 246 g/mol. The number of nitrogens with zero attached hydrogens (tertiary/aromatic N) is 3. The molecule has 0 amide bonds. The van der Waals surface area contributed by atoms with Gasteiger partial charge < -0.3 is 10.4 Å². The van der Waals surface area contributed by atoms with E-state index in [1.54, 1.807) is 23.1 Å². The number of rotatable bonds is 5. The van der Waals surface area contributed by atoms with Crippen LogP contribution >= 0.6 is 0 Å². The monoisotopic (exact) mass is 246 g/mol. The summed E-state index contributed by atoms with van der Waals surface area (Å²) in [6.07, 6.45) is 5.43. The van der Waals surface area contributed by atoms with Crippen LogP contribution in [0.5, 0.6) is 0 Å². The topological polar surface area (TPSA) is 80.0 Å². The Bertz CT molecular complexity index is 551. The van der Waals surface area contributed by atoms with Crippen LogP contribution in [-0.4, -0.2) is 32.4 Å². The van der Waals surface area contributed by atoms with Crippen LogP contribution in [0.3, 0.4) is 0 Å². The van der Waals surface area contributed by atoms with Gasteiger partial charge in [0.1, 0.15) is 5.56 Å². The number of pyridine rings is 1. The minimum atomic E-state index is -0.980. The number of carboxylic acid groups (broad SMARTS) is 1. The number of aryl methyl sites for hydroxylation is 1. The lowest BCUT2D eigenvalue weighted by Gasteiger charge is -2.08. The average Bonchev–Trinajstić information content (AvgIpc) is 2.76. The van der Waals surface area contributed by atoms with Gasteiger partial charge in [-0.3, -0.25) is 9.67 Å². The molecule has 94 valence electrons. The maximum Gasteiger partial charge on any atom is 0.339 e. The Hall–Kier alpha value is -2.37. The lowest BCUT2D eigenvalue weighted by molar-refractivity contribution is 0.0697. The van der Waals surface area contributed by atoms with Gasteiger partial charge in [0.2, 0.25) is 0 Å². The van der Waals surface area contributed by atoms with Gasteiger partial charge in [-0.25, -0.2) is 4.79 Å². The summed E-state index contributed by atoms with van der Waals surface area (Å²) in [5.41, 5.74) is 1.86. The predicted octanol–water partition coefficient (Wildman–Crippen LogP) is 1.17. The zero-order valence-corrected chi connectivity index (χ0v) is 10.00. The second-order valence-electron chi connectivity index (χ2n) is 3.85. The Balaban J connectivity index is 1.99. The summed E-state index contributed by atoms with van der Waals surface area (Å²) in [5, 5.41) is 16.2. The molecule has 0 fully saturated rings. The lowest BCUT2D eigenvalue weighted by Crippen LogP contribution is -2.11. The molecule has 2 aromatic heterocycles. The van der Waals surface area contributed by atoms with E-state index in [2.05, 4.69) is 15.4 Å². The molecule has 0 spiro atoms. The normalized spacial score (nSPS) is 10.3. The molecule has 18 heavy (non-hydrogen) atoms. The van der Waals surface area contributed by atoms with E-state index in [1.807, 2.05) is 13.1 Å².